The first kappa shape index (κ1) is 19.2. The van der Waals surface area contributed by atoms with Crippen molar-refractivity contribution in [1.29, 1.82) is 0 Å². The second-order valence-electron chi connectivity index (χ2n) is 5.64. The van der Waals surface area contributed by atoms with E-state index in [-0.39, 0.29) is 39.3 Å². The molecule has 1 saturated heterocycles. The minimum atomic E-state index is -0.883. The van der Waals surface area contributed by atoms with Gasteiger partial charge in [0, 0.05) is 29.6 Å². The molecule has 0 aliphatic carbocycles. The van der Waals surface area contributed by atoms with Gasteiger partial charge in [-0.3, -0.25) is 13.9 Å². The lowest BCUT2D eigenvalue weighted by molar-refractivity contribution is -0.0464. The molecule has 2 N–H and O–H groups in total. The lowest BCUT2D eigenvalue weighted by atomic mass is 10.2. The molecule has 0 saturated carbocycles. The molecule has 0 amide bonds. The van der Waals surface area contributed by atoms with Crippen LogP contribution in [0.15, 0.2) is 20.9 Å². The Labute approximate surface area is 142 Å². The lowest BCUT2D eigenvalue weighted by Gasteiger charge is -2.17. The van der Waals surface area contributed by atoms with Gasteiger partial charge in [-0.15, -0.1) is 0 Å². The van der Waals surface area contributed by atoms with E-state index in [1.807, 2.05) is 0 Å². The van der Waals surface area contributed by atoms with Crippen LogP contribution in [-0.2, 0) is 16.0 Å². The Hall–Kier alpha value is -2.17. The maximum Gasteiger partial charge on any atom is 0.333 e. The quantitative estimate of drug-likeness (QED) is 0.272. The predicted octanol–water partition coefficient (Wildman–Crippen LogP) is -0.714. The van der Waals surface area contributed by atoms with Gasteiger partial charge in [0.1, 0.15) is 12.3 Å². The van der Waals surface area contributed by atoms with Crippen LogP contribution in [-0.4, -0.2) is 57.9 Å². The number of azide groups is 1. The average molecular weight is 355 g/mol. The number of ether oxygens (including phenoxy) is 2. The average Bonchev–Trinajstić information content (AvgIpc) is 2.97. The molecule has 0 spiro atoms. The Morgan fingerprint density at radius 1 is 1.48 bits per heavy atom. The van der Waals surface area contributed by atoms with Crippen LogP contribution in [0, 0.1) is 6.92 Å². The molecule has 0 unspecified atom stereocenters. The van der Waals surface area contributed by atoms with Gasteiger partial charge in [0.25, 0.3) is 5.56 Å². The van der Waals surface area contributed by atoms with E-state index in [1.165, 1.54) is 10.8 Å². The zero-order chi connectivity index (χ0) is 18.4. The van der Waals surface area contributed by atoms with Gasteiger partial charge in [0.15, 0.2) is 0 Å². The van der Waals surface area contributed by atoms with E-state index >= 15 is 0 Å². The van der Waals surface area contributed by atoms with E-state index in [0.29, 0.717) is 5.56 Å². The van der Waals surface area contributed by atoms with Gasteiger partial charge in [0.05, 0.1) is 32.5 Å². The van der Waals surface area contributed by atoms with Crippen molar-refractivity contribution in [1.82, 2.24) is 9.13 Å². The Morgan fingerprint density at radius 2 is 2.24 bits per heavy atom. The molecule has 1 aliphatic heterocycles. The van der Waals surface area contributed by atoms with E-state index < -0.39 is 29.7 Å². The smallest absolute Gasteiger partial charge is 0.333 e. The maximum absolute atomic E-state index is 12.6. The van der Waals surface area contributed by atoms with E-state index in [9.17, 15) is 14.7 Å². The minimum Gasteiger partial charge on any atom is -0.394 e. The van der Waals surface area contributed by atoms with Crippen LogP contribution in [0.5, 0.6) is 0 Å². The molecule has 0 aromatic carbocycles. The maximum atomic E-state index is 12.6. The lowest BCUT2D eigenvalue weighted by Crippen LogP contribution is -2.43. The minimum absolute atomic E-state index is 0.0360. The first-order chi connectivity index (χ1) is 12.0. The summed E-state index contributed by atoms with van der Waals surface area (Å²) in [5, 5.41) is 22.3. The normalized spacial score (nSPS) is 22.8. The molecule has 0 bridgehead atoms. The molecule has 11 nitrogen and oxygen atoms in total. The van der Waals surface area contributed by atoms with Crippen LogP contribution in [0.25, 0.3) is 10.4 Å². The molecule has 25 heavy (non-hydrogen) atoms. The van der Waals surface area contributed by atoms with Crippen molar-refractivity contribution in [2.24, 2.45) is 5.11 Å². The molecule has 0 radical (unpaired) electrons. The van der Waals surface area contributed by atoms with E-state index in [4.69, 9.17) is 20.1 Å². The van der Waals surface area contributed by atoms with Crippen molar-refractivity contribution in [2.75, 3.05) is 26.4 Å². The number of hydrogen-bond donors (Lipinski definition) is 2. The zero-order valence-electron chi connectivity index (χ0n) is 13.8. The topological polar surface area (TPSA) is 152 Å². The van der Waals surface area contributed by atoms with Crippen molar-refractivity contribution in [2.45, 2.75) is 38.3 Å². The Bertz CT molecular complexity index is 753. The second-order valence-corrected chi connectivity index (χ2v) is 5.64. The molecule has 2 heterocycles. The highest BCUT2D eigenvalue weighted by atomic mass is 16.5. The molecule has 1 aliphatic rings. The fraction of sp³-hybridized carbons (Fsp3) is 0.714. The van der Waals surface area contributed by atoms with Gasteiger partial charge in [-0.2, -0.15) is 0 Å². The first-order valence-corrected chi connectivity index (χ1v) is 7.85. The molecule has 11 heteroatoms. The van der Waals surface area contributed by atoms with Crippen molar-refractivity contribution in [3.05, 3.63) is 43.0 Å². The Kier molecular flexibility index (Phi) is 6.73. The van der Waals surface area contributed by atoms with Crippen molar-refractivity contribution in [3.63, 3.8) is 0 Å². The van der Waals surface area contributed by atoms with Gasteiger partial charge >= 0.3 is 5.69 Å². The zero-order valence-corrected chi connectivity index (χ0v) is 13.8. The summed E-state index contributed by atoms with van der Waals surface area (Å²) in [6.07, 6.45) is -0.865. The summed E-state index contributed by atoms with van der Waals surface area (Å²) in [7, 11) is 0. The molecular formula is C14H21N5O6. The largest absolute Gasteiger partial charge is 0.394 e. The SMILES string of the molecule is Cc1cn([C@H]2C[C@H](O)[C@@H](CO)O2)c(=O)n(CCOCCN=[N+]=[N-])c1=O. The Morgan fingerprint density at radius 3 is 2.88 bits per heavy atom. The Balaban J connectivity index is 2.15. The van der Waals surface area contributed by atoms with Gasteiger partial charge in [0.2, 0.25) is 0 Å². The van der Waals surface area contributed by atoms with Crippen molar-refractivity contribution in [3.8, 4) is 0 Å². The number of rotatable bonds is 8. The number of aliphatic hydroxyl groups excluding tert-OH is 2. The van der Waals surface area contributed by atoms with Crippen LogP contribution < -0.4 is 11.2 Å². The highest BCUT2D eigenvalue weighted by molar-refractivity contribution is 5.04. The standard InChI is InChI=1S/C14H21N5O6/c1-9-7-19(12-6-10(21)11(8-20)25-12)14(23)18(13(9)22)3-5-24-4-2-16-17-15/h7,10-12,20-21H,2-6,8H2,1H3/t10-,11+,12+/m0/s1. The monoisotopic (exact) mass is 355 g/mol. The van der Waals surface area contributed by atoms with Crippen LogP contribution in [0.4, 0.5) is 0 Å². The highest BCUT2D eigenvalue weighted by Gasteiger charge is 2.35. The van der Waals surface area contributed by atoms with Gasteiger partial charge in [-0.1, -0.05) is 5.11 Å². The molecule has 1 aromatic rings. The number of aromatic nitrogens is 2. The molecule has 3 atom stereocenters. The van der Waals surface area contributed by atoms with Gasteiger partial charge < -0.3 is 19.7 Å². The van der Waals surface area contributed by atoms with Gasteiger partial charge in [-0.05, 0) is 12.5 Å². The number of nitrogens with zero attached hydrogens (tertiary/aromatic N) is 5. The summed E-state index contributed by atoms with van der Waals surface area (Å²) in [5.74, 6) is 0. The van der Waals surface area contributed by atoms with Crippen molar-refractivity contribution < 1.29 is 19.7 Å². The third kappa shape index (κ3) is 4.47. The summed E-state index contributed by atoms with van der Waals surface area (Å²) in [4.78, 5) is 27.4. The van der Waals surface area contributed by atoms with Crippen molar-refractivity contribution >= 4 is 0 Å². The first-order valence-electron chi connectivity index (χ1n) is 7.85. The van der Waals surface area contributed by atoms with E-state index in [0.717, 1.165) is 4.57 Å². The third-order valence-corrected chi connectivity index (χ3v) is 3.92. The molecule has 2 rings (SSSR count). The van der Waals surface area contributed by atoms with Crippen LogP contribution in [0.3, 0.4) is 0 Å². The van der Waals surface area contributed by atoms with E-state index in [2.05, 4.69) is 10.0 Å². The highest BCUT2D eigenvalue weighted by Crippen LogP contribution is 2.27. The summed E-state index contributed by atoms with van der Waals surface area (Å²) < 4.78 is 13.0. The van der Waals surface area contributed by atoms with Crippen LogP contribution >= 0.6 is 0 Å². The summed E-state index contributed by atoms with van der Waals surface area (Å²) in [6, 6.07) is 0. The third-order valence-electron chi connectivity index (χ3n) is 3.92. The number of aliphatic hydroxyl groups is 2. The number of aryl methyl sites for hydroxylation is 1. The fourth-order valence-corrected chi connectivity index (χ4v) is 2.62. The summed E-state index contributed by atoms with van der Waals surface area (Å²) in [6.45, 7) is 1.71. The summed E-state index contributed by atoms with van der Waals surface area (Å²) in [5.41, 5.74) is 7.50. The molecule has 1 fully saturated rings. The van der Waals surface area contributed by atoms with Crippen LogP contribution in [0.1, 0.15) is 18.2 Å². The van der Waals surface area contributed by atoms with E-state index in [1.54, 1.807) is 6.92 Å². The second kappa shape index (κ2) is 8.79. The molecule has 138 valence electrons. The summed E-state index contributed by atoms with van der Waals surface area (Å²) >= 11 is 0. The number of hydrogen-bond acceptors (Lipinski definition) is 7. The molecule has 1 aromatic heterocycles. The predicted molar refractivity (Wildman–Crippen MR) is 86.2 cm³/mol. The van der Waals surface area contributed by atoms with Crippen LogP contribution in [0.2, 0.25) is 0 Å². The molecular weight excluding hydrogens is 334 g/mol. The fourth-order valence-electron chi connectivity index (χ4n) is 2.62. The van der Waals surface area contributed by atoms with Gasteiger partial charge in [-0.25, -0.2) is 4.79 Å².